The maximum Gasteiger partial charge on any atom is 0.160 e. The average Bonchev–Trinajstić information content (AvgIpc) is 2.50. The Morgan fingerprint density at radius 2 is 2.25 bits per heavy atom. The van der Waals surface area contributed by atoms with E-state index in [1.165, 1.54) is 11.3 Å². The van der Waals surface area contributed by atoms with Crippen LogP contribution in [0.4, 0.5) is 5.69 Å². The molecule has 0 aliphatic carbocycles. The van der Waals surface area contributed by atoms with Gasteiger partial charge in [0.2, 0.25) is 0 Å². The van der Waals surface area contributed by atoms with Gasteiger partial charge in [-0.25, -0.2) is 0 Å². The highest BCUT2D eigenvalue weighted by Crippen LogP contribution is 2.22. The van der Waals surface area contributed by atoms with Gasteiger partial charge in [-0.05, 0) is 19.9 Å². The van der Waals surface area contributed by atoms with Crippen molar-refractivity contribution in [3.05, 3.63) is 16.3 Å². The number of carbonyl (C=O) groups excluding carboxylic acids is 1. The lowest BCUT2D eigenvalue weighted by Crippen LogP contribution is -2.24. The topological polar surface area (TPSA) is 20.3 Å². The third-order valence-electron chi connectivity index (χ3n) is 1.90. The van der Waals surface area contributed by atoms with Crippen LogP contribution in [0.3, 0.4) is 0 Å². The molecule has 0 aliphatic heterocycles. The SMILES string of the molecule is CC(C)N(C)c1csc(C=O)c1. The average molecular weight is 183 g/mol. The van der Waals surface area contributed by atoms with Crippen LogP contribution in [0, 0.1) is 0 Å². The van der Waals surface area contributed by atoms with E-state index in [2.05, 4.69) is 18.7 Å². The third-order valence-corrected chi connectivity index (χ3v) is 2.75. The highest BCUT2D eigenvalue weighted by atomic mass is 32.1. The summed E-state index contributed by atoms with van der Waals surface area (Å²) in [5, 5.41) is 2.00. The fraction of sp³-hybridized carbons (Fsp3) is 0.444. The van der Waals surface area contributed by atoms with Crippen molar-refractivity contribution in [3.8, 4) is 0 Å². The Kier molecular flexibility index (Phi) is 2.87. The molecule has 1 aromatic heterocycles. The number of carbonyl (C=O) groups is 1. The molecule has 0 N–H and O–H groups in total. The zero-order chi connectivity index (χ0) is 9.14. The first-order valence-electron chi connectivity index (χ1n) is 3.91. The van der Waals surface area contributed by atoms with Crippen molar-refractivity contribution in [2.24, 2.45) is 0 Å². The number of nitrogens with zero attached hydrogens (tertiary/aromatic N) is 1. The number of hydrogen-bond acceptors (Lipinski definition) is 3. The molecule has 0 unspecified atom stereocenters. The molecule has 0 amide bonds. The van der Waals surface area contributed by atoms with Crippen molar-refractivity contribution in [1.82, 2.24) is 0 Å². The fourth-order valence-corrected chi connectivity index (χ4v) is 1.62. The predicted octanol–water partition coefficient (Wildman–Crippen LogP) is 2.41. The summed E-state index contributed by atoms with van der Waals surface area (Å²) >= 11 is 1.49. The lowest BCUT2D eigenvalue weighted by Gasteiger charge is -2.21. The summed E-state index contributed by atoms with van der Waals surface area (Å²) < 4.78 is 0. The first kappa shape index (κ1) is 9.26. The Balaban J connectivity index is 2.81. The van der Waals surface area contributed by atoms with Gasteiger partial charge in [-0.3, -0.25) is 4.79 Å². The smallest absolute Gasteiger partial charge is 0.160 e. The Hall–Kier alpha value is -0.830. The Morgan fingerprint density at radius 1 is 1.58 bits per heavy atom. The number of rotatable bonds is 3. The van der Waals surface area contributed by atoms with Crippen LogP contribution in [-0.4, -0.2) is 19.4 Å². The largest absolute Gasteiger partial charge is 0.371 e. The van der Waals surface area contributed by atoms with Gasteiger partial charge in [-0.1, -0.05) is 0 Å². The van der Waals surface area contributed by atoms with Gasteiger partial charge >= 0.3 is 0 Å². The second kappa shape index (κ2) is 3.72. The first-order chi connectivity index (χ1) is 5.65. The van der Waals surface area contributed by atoms with Crippen LogP contribution in [0.2, 0.25) is 0 Å². The molecule has 0 fully saturated rings. The zero-order valence-electron chi connectivity index (χ0n) is 7.57. The van der Waals surface area contributed by atoms with Crippen LogP contribution < -0.4 is 4.90 Å². The first-order valence-corrected chi connectivity index (χ1v) is 4.79. The maximum absolute atomic E-state index is 10.4. The second-order valence-corrected chi connectivity index (χ2v) is 3.97. The Labute approximate surface area is 76.8 Å². The standard InChI is InChI=1S/C9H13NOS/c1-7(2)10(3)8-4-9(5-11)12-6-8/h4-7H,1-3H3. The van der Waals surface area contributed by atoms with Gasteiger partial charge in [0.15, 0.2) is 6.29 Å². The van der Waals surface area contributed by atoms with E-state index < -0.39 is 0 Å². The van der Waals surface area contributed by atoms with E-state index >= 15 is 0 Å². The third kappa shape index (κ3) is 1.85. The molecular formula is C9H13NOS. The molecule has 1 heterocycles. The summed E-state index contributed by atoms with van der Waals surface area (Å²) in [4.78, 5) is 13.3. The highest BCUT2D eigenvalue weighted by molar-refractivity contribution is 7.12. The quantitative estimate of drug-likeness (QED) is 0.671. The number of anilines is 1. The van der Waals surface area contributed by atoms with Crippen LogP contribution in [-0.2, 0) is 0 Å². The van der Waals surface area contributed by atoms with E-state index in [9.17, 15) is 4.79 Å². The molecule has 0 bridgehead atoms. The molecule has 12 heavy (non-hydrogen) atoms. The van der Waals surface area contributed by atoms with Gasteiger partial charge < -0.3 is 4.90 Å². The van der Waals surface area contributed by atoms with Crippen molar-refractivity contribution >= 4 is 23.3 Å². The highest BCUT2D eigenvalue weighted by Gasteiger charge is 2.06. The minimum atomic E-state index is 0.471. The molecule has 1 aromatic rings. The Morgan fingerprint density at radius 3 is 2.67 bits per heavy atom. The van der Waals surface area contributed by atoms with E-state index in [0.29, 0.717) is 6.04 Å². The van der Waals surface area contributed by atoms with Gasteiger partial charge in [-0.2, -0.15) is 0 Å². The van der Waals surface area contributed by atoms with Crippen LogP contribution in [0.25, 0.3) is 0 Å². The number of hydrogen-bond donors (Lipinski definition) is 0. The lowest BCUT2D eigenvalue weighted by atomic mass is 10.3. The van der Waals surface area contributed by atoms with Crippen molar-refractivity contribution in [2.75, 3.05) is 11.9 Å². The van der Waals surface area contributed by atoms with E-state index in [0.717, 1.165) is 16.9 Å². The van der Waals surface area contributed by atoms with Gasteiger partial charge in [0.1, 0.15) is 0 Å². The molecule has 0 spiro atoms. The van der Waals surface area contributed by atoms with Crippen LogP contribution in [0.15, 0.2) is 11.4 Å². The molecule has 0 atom stereocenters. The van der Waals surface area contributed by atoms with Gasteiger partial charge in [0, 0.05) is 24.2 Å². The summed E-state index contributed by atoms with van der Waals surface area (Å²) in [7, 11) is 2.03. The van der Waals surface area contributed by atoms with Crippen molar-refractivity contribution in [1.29, 1.82) is 0 Å². The van der Waals surface area contributed by atoms with Gasteiger partial charge in [-0.15, -0.1) is 11.3 Å². The molecule has 0 aliphatic rings. The predicted molar refractivity (Wildman–Crippen MR) is 53.2 cm³/mol. The summed E-state index contributed by atoms with van der Waals surface area (Å²) in [6, 6.07) is 2.39. The summed E-state index contributed by atoms with van der Waals surface area (Å²) in [5.74, 6) is 0. The van der Waals surface area contributed by atoms with Crippen LogP contribution in [0.5, 0.6) is 0 Å². The minimum Gasteiger partial charge on any atom is -0.371 e. The summed E-state index contributed by atoms with van der Waals surface area (Å²) in [5.41, 5.74) is 1.12. The van der Waals surface area contributed by atoms with E-state index in [1.54, 1.807) is 0 Å². The molecule has 0 radical (unpaired) electrons. The molecule has 0 aromatic carbocycles. The minimum absolute atomic E-state index is 0.471. The zero-order valence-corrected chi connectivity index (χ0v) is 8.39. The lowest BCUT2D eigenvalue weighted by molar-refractivity contribution is 0.112. The Bertz CT molecular complexity index is 267. The normalized spacial score (nSPS) is 10.3. The number of aldehydes is 1. The molecule has 0 saturated heterocycles. The molecular weight excluding hydrogens is 170 g/mol. The van der Waals surface area contributed by atoms with Gasteiger partial charge in [0.05, 0.1) is 4.88 Å². The molecule has 1 rings (SSSR count). The summed E-state index contributed by atoms with van der Waals surface area (Å²) in [6.07, 6.45) is 0.891. The molecule has 0 saturated carbocycles. The van der Waals surface area contributed by atoms with Crippen LogP contribution in [0.1, 0.15) is 23.5 Å². The monoisotopic (exact) mass is 183 g/mol. The van der Waals surface area contributed by atoms with E-state index in [1.807, 2.05) is 18.5 Å². The maximum atomic E-state index is 10.4. The molecule has 2 nitrogen and oxygen atoms in total. The van der Waals surface area contributed by atoms with Crippen LogP contribution >= 0.6 is 11.3 Å². The molecule has 3 heteroatoms. The van der Waals surface area contributed by atoms with Crippen molar-refractivity contribution < 1.29 is 4.79 Å². The fourth-order valence-electron chi connectivity index (χ4n) is 0.887. The second-order valence-electron chi connectivity index (χ2n) is 3.03. The molecule has 66 valence electrons. The number of thiophene rings is 1. The van der Waals surface area contributed by atoms with E-state index in [4.69, 9.17) is 0 Å². The van der Waals surface area contributed by atoms with Gasteiger partial charge in [0.25, 0.3) is 0 Å². The van der Waals surface area contributed by atoms with Crippen molar-refractivity contribution in [3.63, 3.8) is 0 Å². The van der Waals surface area contributed by atoms with Crippen molar-refractivity contribution in [2.45, 2.75) is 19.9 Å². The van der Waals surface area contributed by atoms with E-state index in [-0.39, 0.29) is 0 Å². The summed E-state index contributed by atoms with van der Waals surface area (Å²) in [6.45, 7) is 4.25.